The van der Waals surface area contributed by atoms with Crippen molar-refractivity contribution >= 4 is 0 Å². The molecule has 0 amide bonds. The van der Waals surface area contributed by atoms with Gasteiger partial charge >= 0.3 is 0 Å². The third kappa shape index (κ3) is 2.57. The highest BCUT2D eigenvalue weighted by Crippen LogP contribution is 2.51. The molecular weight excluding hydrogens is 252 g/mol. The molecule has 20 heavy (non-hydrogen) atoms. The van der Waals surface area contributed by atoms with Gasteiger partial charge in [0.2, 0.25) is 0 Å². The fraction of sp³-hybridized carbons (Fsp3) is 0.647. The van der Waals surface area contributed by atoms with Crippen molar-refractivity contribution in [3.05, 3.63) is 29.8 Å². The van der Waals surface area contributed by atoms with Crippen molar-refractivity contribution in [2.45, 2.75) is 57.8 Å². The summed E-state index contributed by atoms with van der Waals surface area (Å²) in [6.45, 7) is 10.1. The van der Waals surface area contributed by atoms with Gasteiger partial charge in [-0.15, -0.1) is 0 Å². The molecule has 0 bridgehead atoms. The van der Waals surface area contributed by atoms with Crippen LogP contribution in [0, 0.1) is 5.92 Å². The van der Waals surface area contributed by atoms with Crippen LogP contribution in [0.15, 0.2) is 24.3 Å². The smallest absolute Gasteiger partial charge is 0.124 e. The Balaban J connectivity index is 2.45. The van der Waals surface area contributed by atoms with E-state index in [2.05, 4.69) is 27.7 Å². The van der Waals surface area contributed by atoms with Crippen molar-refractivity contribution in [1.82, 2.24) is 0 Å². The van der Waals surface area contributed by atoms with Crippen molar-refractivity contribution in [3.63, 3.8) is 0 Å². The second kappa shape index (κ2) is 4.74. The van der Waals surface area contributed by atoms with E-state index in [1.165, 1.54) is 0 Å². The first-order valence-corrected chi connectivity index (χ1v) is 7.16. The van der Waals surface area contributed by atoms with E-state index in [1.807, 2.05) is 31.2 Å². The quantitative estimate of drug-likeness (QED) is 0.919. The van der Waals surface area contributed by atoms with Gasteiger partial charge in [-0.05, 0) is 47.1 Å². The molecule has 1 aromatic carbocycles. The lowest BCUT2D eigenvalue weighted by Gasteiger charge is -2.38. The third-order valence-corrected chi connectivity index (χ3v) is 4.41. The number of hydrogen-bond acceptors (Lipinski definition) is 3. The minimum absolute atomic E-state index is 0.00120. The molecule has 0 spiro atoms. The lowest BCUT2D eigenvalue weighted by molar-refractivity contribution is -0.111. The fourth-order valence-electron chi connectivity index (χ4n) is 3.69. The van der Waals surface area contributed by atoms with Crippen LogP contribution in [0.1, 0.15) is 46.6 Å². The Hall–Kier alpha value is -1.06. The summed E-state index contributed by atoms with van der Waals surface area (Å²) in [6, 6.07) is 7.66. The van der Waals surface area contributed by atoms with Crippen LogP contribution in [0.4, 0.5) is 0 Å². The highest BCUT2D eigenvalue weighted by atomic mass is 16.5. The second-order valence-electron chi connectivity index (χ2n) is 7.07. The Labute approximate surface area is 121 Å². The minimum atomic E-state index is -0.996. The molecule has 0 radical (unpaired) electrons. The first kappa shape index (κ1) is 15.3. The Morgan fingerprint density at radius 1 is 1.25 bits per heavy atom. The first-order valence-electron chi connectivity index (χ1n) is 7.16. The fourth-order valence-corrected chi connectivity index (χ4v) is 3.69. The molecular formula is C17H26O3. The van der Waals surface area contributed by atoms with E-state index < -0.39 is 5.60 Å². The summed E-state index contributed by atoms with van der Waals surface area (Å²) in [5.41, 5.74) is -0.778. The molecule has 1 heterocycles. The molecule has 1 aliphatic rings. The van der Waals surface area contributed by atoms with E-state index in [0.717, 1.165) is 17.7 Å². The van der Waals surface area contributed by atoms with Crippen molar-refractivity contribution in [3.8, 4) is 5.75 Å². The van der Waals surface area contributed by atoms with Crippen LogP contribution >= 0.6 is 0 Å². The molecule has 1 saturated heterocycles. The Kier molecular flexibility index (Phi) is 3.64. The number of para-hydroxylation sites is 1. The Morgan fingerprint density at radius 2 is 1.85 bits per heavy atom. The van der Waals surface area contributed by atoms with Gasteiger partial charge < -0.3 is 14.6 Å². The van der Waals surface area contributed by atoms with E-state index in [1.54, 1.807) is 7.11 Å². The summed E-state index contributed by atoms with van der Waals surface area (Å²) in [7, 11) is 1.63. The average Bonchev–Trinajstić information content (AvgIpc) is 2.58. The molecule has 1 aliphatic heterocycles. The van der Waals surface area contributed by atoms with Gasteiger partial charge in [-0.1, -0.05) is 18.2 Å². The topological polar surface area (TPSA) is 38.7 Å². The van der Waals surface area contributed by atoms with Gasteiger partial charge in [-0.3, -0.25) is 0 Å². The van der Waals surface area contributed by atoms with E-state index in [4.69, 9.17) is 9.47 Å². The highest BCUT2D eigenvalue weighted by molar-refractivity contribution is 5.38. The maximum Gasteiger partial charge on any atom is 0.124 e. The van der Waals surface area contributed by atoms with Crippen LogP contribution < -0.4 is 4.74 Å². The molecule has 1 N–H and O–H groups in total. The number of ether oxygens (including phenoxy) is 2. The Morgan fingerprint density at radius 3 is 2.35 bits per heavy atom. The zero-order chi connectivity index (χ0) is 15.2. The summed E-state index contributed by atoms with van der Waals surface area (Å²) in [5.74, 6) is 0.722. The van der Waals surface area contributed by atoms with Gasteiger partial charge in [-0.2, -0.15) is 0 Å². The van der Waals surface area contributed by atoms with E-state index >= 15 is 0 Å². The molecule has 0 aromatic heterocycles. The van der Waals surface area contributed by atoms with Crippen LogP contribution in [0.2, 0.25) is 0 Å². The summed E-state index contributed by atoms with van der Waals surface area (Å²) in [5, 5.41) is 11.2. The number of methoxy groups -OCH3 is 1. The molecule has 1 fully saturated rings. The van der Waals surface area contributed by atoms with Crippen LogP contribution in [-0.4, -0.2) is 23.4 Å². The first-order chi connectivity index (χ1) is 9.10. The number of hydrogen-bond donors (Lipinski definition) is 1. The normalized spacial score (nSPS) is 27.1. The van der Waals surface area contributed by atoms with Crippen molar-refractivity contribution in [2.75, 3.05) is 7.11 Å². The maximum atomic E-state index is 11.2. The lowest BCUT2D eigenvalue weighted by atomic mass is 9.72. The minimum Gasteiger partial charge on any atom is -0.496 e. The number of rotatable bonds is 3. The van der Waals surface area contributed by atoms with Crippen LogP contribution in [0.3, 0.4) is 0 Å². The molecule has 2 rings (SSSR count). The van der Waals surface area contributed by atoms with Crippen molar-refractivity contribution in [2.24, 2.45) is 5.92 Å². The van der Waals surface area contributed by atoms with Gasteiger partial charge in [0.25, 0.3) is 0 Å². The average molecular weight is 278 g/mol. The largest absolute Gasteiger partial charge is 0.496 e. The number of aliphatic hydroxyl groups is 1. The zero-order valence-electron chi connectivity index (χ0n) is 13.4. The van der Waals surface area contributed by atoms with Gasteiger partial charge in [0, 0.05) is 11.5 Å². The molecule has 0 saturated carbocycles. The number of benzene rings is 1. The van der Waals surface area contributed by atoms with Gasteiger partial charge in [0.05, 0.1) is 23.9 Å². The molecule has 3 nitrogen and oxygen atoms in total. The van der Waals surface area contributed by atoms with Gasteiger partial charge in [0.15, 0.2) is 0 Å². The highest BCUT2D eigenvalue weighted by Gasteiger charge is 2.54. The van der Waals surface area contributed by atoms with E-state index in [-0.39, 0.29) is 17.1 Å². The molecule has 2 unspecified atom stereocenters. The summed E-state index contributed by atoms with van der Waals surface area (Å²) >= 11 is 0. The Bertz CT molecular complexity index is 489. The van der Waals surface area contributed by atoms with Crippen molar-refractivity contribution < 1.29 is 14.6 Å². The summed E-state index contributed by atoms with van der Waals surface area (Å²) in [4.78, 5) is 0. The van der Waals surface area contributed by atoms with E-state index in [9.17, 15) is 5.11 Å². The predicted octanol–water partition coefficient (Wildman–Crippen LogP) is 3.50. The third-order valence-electron chi connectivity index (χ3n) is 4.41. The summed E-state index contributed by atoms with van der Waals surface area (Å²) < 4.78 is 11.5. The maximum absolute atomic E-state index is 11.2. The second-order valence-corrected chi connectivity index (χ2v) is 7.07. The lowest BCUT2D eigenvalue weighted by Crippen LogP contribution is -2.42. The van der Waals surface area contributed by atoms with Crippen LogP contribution in [0.5, 0.6) is 5.75 Å². The monoisotopic (exact) mass is 278 g/mol. The van der Waals surface area contributed by atoms with Crippen LogP contribution in [-0.2, 0) is 10.3 Å². The standard InChI is InChI=1S/C17H26O3/c1-15(2)11-14(16(3,4)20-15)17(5,18)12-9-7-8-10-13(12)19-6/h7-10,14,18H,11H2,1-6H3. The SMILES string of the molecule is COc1ccccc1C(C)(O)C1CC(C)(C)OC1(C)C. The summed E-state index contributed by atoms with van der Waals surface area (Å²) in [6.07, 6.45) is 0.811. The van der Waals surface area contributed by atoms with Gasteiger partial charge in [-0.25, -0.2) is 0 Å². The van der Waals surface area contributed by atoms with Gasteiger partial charge in [0.1, 0.15) is 5.75 Å². The van der Waals surface area contributed by atoms with Crippen molar-refractivity contribution in [1.29, 1.82) is 0 Å². The van der Waals surface area contributed by atoms with Crippen LogP contribution in [0.25, 0.3) is 0 Å². The predicted molar refractivity (Wildman–Crippen MR) is 79.9 cm³/mol. The molecule has 3 heteroatoms. The molecule has 0 aliphatic carbocycles. The van der Waals surface area contributed by atoms with E-state index in [0.29, 0.717) is 0 Å². The molecule has 112 valence electrons. The molecule has 2 atom stereocenters. The zero-order valence-corrected chi connectivity index (χ0v) is 13.4. The molecule has 1 aromatic rings.